The summed E-state index contributed by atoms with van der Waals surface area (Å²) in [5, 5.41) is 0. The van der Waals surface area contributed by atoms with Gasteiger partial charge in [0.25, 0.3) is 0 Å². The monoisotopic (exact) mass is 278 g/mol. The van der Waals surface area contributed by atoms with Crippen LogP contribution in [0.15, 0.2) is 24.3 Å². The first-order chi connectivity index (χ1) is 9.56. The van der Waals surface area contributed by atoms with E-state index in [1.165, 1.54) is 12.1 Å². The number of carbonyl (C=O) groups excluding carboxylic acids is 1. The first-order valence-corrected chi connectivity index (χ1v) is 7.32. The van der Waals surface area contributed by atoms with Gasteiger partial charge >= 0.3 is 0 Å². The molecule has 4 heteroatoms. The van der Waals surface area contributed by atoms with E-state index in [1.807, 2.05) is 30.9 Å². The van der Waals surface area contributed by atoms with Crippen LogP contribution < -0.4 is 0 Å². The van der Waals surface area contributed by atoms with Crippen LogP contribution in [0.1, 0.15) is 25.8 Å². The quantitative estimate of drug-likeness (QED) is 0.848. The SMILES string of the molecule is CC(C)C(=O)N1CCCN(Cc2ccc(F)cc2)CC1. The normalized spacial score (nSPS) is 17.3. The number of hydrogen-bond acceptors (Lipinski definition) is 2. The molecule has 0 unspecified atom stereocenters. The molecule has 1 aliphatic rings. The van der Waals surface area contributed by atoms with E-state index in [0.717, 1.165) is 44.7 Å². The second-order valence-corrected chi connectivity index (χ2v) is 5.74. The summed E-state index contributed by atoms with van der Waals surface area (Å²) in [5.41, 5.74) is 1.12. The van der Waals surface area contributed by atoms with Crippen molar-refractivity contribution < 1.29 is 9.18 Å². The van der Waals surface area contributed by atoms with Gasteiger partial charge in [-0.25, -0.2) is 4.39 Å². The zero-order chi connectivity index (χ0) is 14.5. The lowest BCUT2D eigenvalue weighted by Crippen LogP contribution is -2.37. The van der Waals surface area contributed by atoms with E-state index in [9.17, 15) is 9.18 Å². The van der Waals surface area contributed by atoms with Gasteiger partial charge in [-0.1, -0.05) is 26.0 Å². The van der Waals surface area contributed by atoms with Crippen molar-refractivity contribution in [3.63, 3.8) is 0 Å². The first kappa shape index (κ1) is 15.0. The highest BCUT2D eigenvalue weighted by atomic mass is 19.1. The third kappa shape index (κ3) is 4.04. The van der Waals surface area contributed by atoms with Crippen molar-refractivity contribution in [1.29, 1.82) is 0 Å². The van der Waals surface area contributed by atoms with E-state index < -0.39 is 0 Å². The molecule has 20 heavy (non-hydrogen) atoms. The number of hydrogen-bond donors (Lipinski definition) is 0. The number of nitrogens with zero attached hydrogens (tertiary/aromatic N) is 2. The summed E-state index contributed by atoms with van der Waals surface area (Å²) in [6.45, 7) is 8.22. The van der Waals surface area contributed by atoms with Gasteiger partial charge in [0.05, 0.1) is 0 Å². The molecule has 0 N–H and O–H groups in total. The lowest BCUT2D eigenvalue weighted by Gasteiger charge is -2.23. The highest BCUT2D eigenvalue weighted by Crippen LogP contribution is 2.11. The van der Waals surface area contributed by atoms with Crippen molar-refractivity contribution in [3.8, 4) is 0 Å². The van der Waals surface area contributed by atoms with Crippen molar-refractivity contribution in [1.82, 2.24) is 9.80 Å². The van der Waals surface area contributed by atoms with Crippen LogP contribution in [-0.4, -0.2) is 41.9 Å². The molecule has 2 rings (SSSR count). The number of halogens is 1. The van der Waals surface area contributed by atoms with E-state index in [-0.39, 0.29) is 17.6 Å². The molecule has 1 aromatic rings. The number of benzene rings is 1. The standard InChI is InChI=1S/C16H23FN2O/c1-13(2)16(20)19-9-3-8-18(10-11-19)12-14-4-6-15(17)7-5-14/h4-7,13H,3,8-12H2,1-2H3. The van der Waals surface area contributed by atoms with E-state index >= 15 is 0 Å². The molecule has 0 radical (unpaired) electrons. The summed E-state index contributed by atoms with van der Waals surface area (Å²) in [6.07, 6.45) is 1.000. The Balaban J connectivity index is 1.89. The van der Waals surface area contributed by atoms with Crippen LogP contribution in [0.5, 0.6) is 0 Å². The molecule has 0 aliphatic carbocycles. The molecule has 0 atom stereocenters. The minimum Gasteiger partial charge on any atom is -0.341 e. The fraction of sp³-hybridized carbons (Fsp3) is 0.562. The Bertz CT molecular complexity index is 444. The first-order valence-electron chi connectivity index (χ1n) is 7.32. The lowest BCUT2D eigenvalue weighted by atomic mass is 10.2. The van der Waals surface area contributed by atoms with Gasteiger partial charge < -0.3 is 4.90 Å². The van der Waals surface area contributed by atoms with E-state index in [4.69, 9.17) is 0 Å². The molecule has 0 spiro atoms. The molecule has 0 aromatic heterocycles. The van der Waals surface area contributed by atoms with Gasteiger partial charge in [-0.3, -0.25) is 9.69 Å². The number of rotatable bonds is 3. The predicted octanol–water partition coefficient (Wildman–Crippen LogP) is 2.52. The fourth-order valence-corrected chi connectivity index (χ4v) is 2.56. The molecule has 1 heterocycles. The zero-order valence-electron chi connectivity index (χ0n) is 12.3. The van der Waals surface area contributed by atoms with Crippen LogP contribution in [-0.2, 0) is 11.3 Å². The molecule has 110 valence electrons. The molecule has 1 fully saturated rings. The van der Waals surface area contributed by atoms with Crippen LogP contribution in [0.4, 0.5) is 4.39 Å². The Morgan fingerprint density at radius 3 is 2.50 bits per heavy atom. The van der Waals surface area contributed by atoms with Crippen molar-refractivity contribution >= 4 is 5.91 Å². The number of carbonyl (C=O) groups is 1. The van der Waals surface area contributed by atoms with Crippen molar-refractivity contribution in [2.75, 3.05) is 26.2 Å². The number of amides is 1. The Morgan fingerprint density at radius 1 is 1.15 bits per heavy atom. The van der Waals surface area contributed by atoms with E-state index in [1.54, 1.807) is 0 Å². The van der Waals surface area contributed by atoms with Gasteiger partial charge in [0.15, 0.2) is 0 Å². The summed E-state index contributed by atoms with van der Waals surface area (Å²) in [7, 11) is 0. The van der Waals surface area contributed by atoms with Gasteiger partial charge in [-0.05, 0) is 24.1 Å². The van der Waals surface area contributed by atoms with Crippen LogP contribution in [0.25, 0.3) is 0 Å². The van der Waals surface area contributed by atoms with Crippen LogP contribution in [0.3, 0.4) is 0 Å². The van der Waals surface area contributed by atoms with Gasteiger partial charge in [0.1, 0.15) is 5.82 Å². The van der Waals surface area contributed by atoms with Gasteiger partial charge in [-0.15, -0.1) is 0 Å². The third-order valence-electron chi connectivity index (χ3n) is 3.71. The van der Waals surface area contributed by atoms with Crippen molar-refractivity contribution in [2.45, 2.75) is 26.8 Å². The van der Waals surface area contributed by atoms with Crippen molar-refractivity contribution in [3.05, 3.63) is 35.6 Å². The molecule has 1 aliphatic heterocycles. The Hall–Kier alpha value is -1.42. The second-order valence-electron chi connectivity index (χ2n) is 5.74. The van der Waals surface area contributed by atoms with Crippen LogP contribution in [0, 0.1) is 11.7 Å². The highest BCUT2D eigenvalue weighted by Gasteiger charge is 2.20. The highest BCUT2D eigenvalue weighted by molar-refractivity contribution is 5.78. The predicted molar refractivity (Wildman–Crippen MR) is 77.7 cm³/mol. The smallest absolute Gasteiger partial charge is 0.225 e. The maximum atomic E-state index is 12.9. The second kappa shape index (κ2) is 6.84. The lowest BCUT2D eigenvalue weighted by molar-refractivity contribution is -0.134. The zero-order valence-corrected chi connectivity index (χ0v) is 12.3. The third-order valence-corrected chi connectivity index (χ3v) is 3.71. The summed E-state index contributed by atoms with van der Waals surface area (Å²) >= 11 is 0. The molecule has 1 saturated heterocycles. The van der Waals surface area contributed by atoms with Gasteiger partial charge in [-0.2, -0.15) is 0 Å². The maximum Gasteiger partial charge on any atom is 0.225 e. The summed E-state index contributed by atoms with van der Waals surface area (Å²) in [4.78, 5) is 16.3. The molecule has 0 bridgehead atoms. The Kier molecular flexibility index (Phi) is 5.12. The Labute approximate surface area is 120 Å². The molecule has 1 aromatic carbocycles. The molecular formula is C16H23FN2O. The van der Waals surface area contributed by atoms with E-state index in [2.05, 4.69) is 4.90 Å². The molecule has 3 nitrogen and oxygen atoms in total. The van der Waals surface area contributed by atoms with E-state index in [0.29, 0.717) is 0 Å². The summed E-state index contributed by atoms with van der Waals surface area (Å²) in [6, 6.07) is 6.66. The summed E-state index contributed by atoms with van der Waals surface area (Å²) in [5.74, 6) is 0.116. The topological polar surface area (TPSA) is 23.6 Å². The minimum absolute atomic E-state index is 0.0682. The Morgan fingerprint density at radius 2 is 1.85 bits per heavy atom. The molecule has 0 saturated carbocycles. The molecule has 1 amide bonds. The fourth-order valence-electron chi connectivity index (χ4n) is 2.56. The van der Waals surface area contributed by atoms with Gasteiger partial charge in [0.2, 0.25) is 5.91 Å². The maximum absolute atomic E-state index is 12.9. The average molecular weight is 278 g/mol. The largest absolute Gasteiger partial charge is 0.341 e. The van der Waals surface area contributed by atoms with Crippen LogP contribution in [0.2, 0.25) is 0 Å². The average Bonchev–Trinajstić information content (AvgIpc) is 2.66. The molecular weight excluding hydrogens is 255 g/mol. The van der Waals surface area contributed by atoms with Gasteiger partial charge in [0, 0.05) is 38.6 Å². The summed E-state index contributed by atoms with van der Waals surface area (Å²) < 4.78 is 12.9. The van der Waals surface area contributed by atoms with Crippen LogP contribution >= 0.6 is 0 Å². The van der Waals surface area contributed by atoms with Crippen molar-refractivity contribution in [2.24, 2.45) is 5.92 Å². The minimum atomic E-state index is -0.196.